The SMILES string of the molecule is Fc1c(Cl)cccc1OCc1cc(Cl)ccn1. The molecule has 0 saturated carbocycles. The van der Waals surface area contributed by atoms with E-state index in [1.54, 1.807) is 24.4 Å². The van der Waals surface area contributed by atoms with Crippen molar-refractivity contribution < 1.29 is 9.13 Å². The van der Waals surface area contributed by atoms with Crippen LogP contribution in [0.4, 0.5) is 4.39 Å². The van der Waals surface area contributed by atoms with Crippen LogP contribution in [0.25, 0.3) is 0 Å². The van der Waals surface area contributed by atoms with Crippen molar-refractivity contribution in [3.05, 3.63) is 58.1 Å². The highest BCUT2D eigenvalue weighted by Crippen LogP contribution is 2.24. The summed E-state index contributed by atoms with van der Waals surface area (Å²) in [7, 11) is 0. The quantitative estimate of drug-likeness (QED) is 0.838. The Morgan fingerprint density at radius 2 is 2.06 bits per heavy atom. The Balaban J connectivity index is 2.10. The van der Waals surface area contributed by atoms with Crippen molar-refractivity contribution in [1.29, 1.82) is 0 Å². The van der Waals surface area contributed by atoms with Crippen LogP contribution in [0.3, 0.4) is 0 Å². The van der Waals surface area contributed by atoms with Gasteiger partial charge in [-0.25, -0.2) is 4.39 Å². The summed E-state index contributed by atoms with van der Waals surface area (Å²) in [4.78, 5) is 4.04. The Hall–Kier alpha value is -1.32. The first kappa shape index (κ1) is 12.1. The van der Waals surface area contributed by atoms with Crippen LogP contribution < -0.4 is 4.74 Å². The van der Waals surface area contributed by atoms with Crippen molar-refractivity contribution in [2.24, 2.45) is 0 Å². The maximum atomic E-state index is 13.5. The molecule has 0 radical (unpaired) electrons. The Labute approximate surface area is 108 Å². The second kappa shape index (κ2) is 5.34. The molecule has 5 heteroatoms. The molecule has 0 spiro atoms. The third-order valence-corrected chi connectivity index (χ3v) is 2.60. The minimum Gasteiger partial charge on any atom is -0.484 e. The molecule has 0 aliphatic carbocycles. The van der Waals surface area contributed by atoms with Gasteiger partial charge in [-0.05, 0) is 24.3 Å². The van der Waals surface area contributed by atoms with Crippen LogP contribution in [0.5, 0.6) is 5.75 Å². The molecule has 88 valence electrons. The summed E-state index contributed by atoms with van der Waals surface area (Å²) < 4.78 is 18.8. The van der Waals surface area contributed by atoms with E-state index < -0.39 is 5.82 Å². The summed E-state index contributed by atoms with van der Waals surface area (Å²) in [5.41, 5.74) is 0.622. The molecule has 0 fully saturated rings. The standard InChI is InChI=1S/C12H8Cl2FNO/c13-8-4-5-16-9(6-8)7-17-11-3-1-2-10(14)12(11)15/h1-6H,7H2. The van der Waals surface area contributed by atoms with Crippen LogP contribution >= 0.6 is 23.2 Å². The molecule has 2 nitrogen and oxygen atoms in total. The van der Waals surface area contributed by atoms with E-state index in [4.69, 9.17) is 27.9 Å². The first-order valence-corrected chi connectivity index (χ1v) is 5.59. The Kier molecular flexibility index (Phi) is 3.82. The highest BCUT2D eigenvalue weighted by molar-refractivity contribution is 6.31. The molecule has 17 heavy (non-hydrogen) atoms. The molecule has 0 atom stereocenters. The van der Waals surface area contributed by atoms with Gasteiger partial charge in [0.25, 0.3) is 0 Å². The van der Waals surface area contributed by atoms with E-state index in [0.717, 1.165) is 0 Å². The molecule has 0 amide bonds. The minimum atomic E-state index is -0.573. The van der Waals surface area contributed by atoms with Crippen molar-refractivity contribution in [3.63, 3.8) is 0 Å². The van der Waals surface area contributed by atoms with E-state index in [2.05, 4.69) is 4.98 Å². The normalized spacial score (nSPS) is 10.3. The Morgan fingerprint density at radius 3 is 2.82 bits per heavy atom. The number of rotatable bonds is 3. The lowest BCUT2D eigenvalue weighted by Gasteiger charge is -2.07. The van der Waals surface area contributed by atoms with Crippen molar-refractivity contribution in [3.8, 4) is 5.75 Å². The molecule has 1 aromatic heterocycles. The second-order valence-electron chi connectivity index (χ2n) is 3.31. The van der Waals surface area contributed by atoms with Gasteiger partial charge in [-0.1, -0.05) is 29.3 Å². The van der Waals surface area contributed by atoms with Gasteiger partial charge in [-0.3, -0.25) is 4.98 Å². The third kappa shape index (κ3) is 3.08. The number of aromatic nitrogens is 1. The lowest BCUT2D eigenvalue weighted by molar-refractivity contribution is 0.286. The van der Waals surface area contributed by atoms with E-state index in [0.29, 0.717) is 10.7 Å². The fourth-order valence-corrected chi connectivity index (χ4v) is 1.62. The number of hydrogen-bond acceptors (Lipinski definition) is 2. The molecule has 0 aliphatic heterocycles. The van der Waals surface area contributed by atoms with Crippen LogP contribution in [0, 0.1) is 5.82 Å². The lowest BCUT2D eigenvalue weighted by atomic mass is 10.3. The number of ether oxygens (including phenoxy) is 1. The zero-order valence-corrected chi connectivity index (χ0v) is 10.2. The second-order valence-corrected chi connectivity index (χ2v) is 4.15. The number of nitrogens with zero attached hydrogens (tertiary/aromatic N) is 1. The lowest BCUT2D eigenvalue weighted by Crippen LogP contribution is -1.99. The van der Waals surface area contributed by atoms with Crippen LogP contribution in [0.15, 0.2) is 36.5 Å². The first-order chi connectivity index (χ1) is 8.16. The highest BCUT2D eigenvalue weighted by atomic mass is 35.5. The maximum absolute atomic E-state index is 13.5. The fraction of sp³-hybridized carbons (Fsp3) is 0.0833. The van der Waals surface area contributed by atoms with Gasteiger partial charge >= 0.3 is 0 Å². The molecule has 0 N–H and O–H groups in total. The van der Waals surface area contributed by atoms with Crippen LogP contribution in [-0.2, 0) is 6.61 Å². The minimum absolute atomic E-state index is 0.0292. The van der Waals surface area contributed by atoms with Gasteiger partial charge in [-0.15, -0.1) is 0 Å². The van der Waals surface area contributed by atoms with Gasteiger partial charge in [0.2, 0.25) is 0 Å². The number of hydrogen-bond donors (Lipinski definition) is 0. The van der Waals surface area contributed by atoms with Crippen molar-refractivity contribution in [2.45, 2.75) is 6.61 Å². The number of halogens is 3. The molecule has 0 bridgehead atoms. The summed E-state index contributed by atoms with van der Waals surface area (Å²) in [6.07, 6.45) is 1.56. The van der Waals surface area contributed by atoms with Gasteiger partial charge in [0.15, 0.2) is 11.6 Å². The van der Waals surface area contributed by atoms with E-state index >= 15 is 0 Å². The molecule has 0 aliphatic rings. The van der Waals surface area contributed by atoms with Crippen molar-refractivity contribution in [2.75, 3.05) is 0 Å². The largest absolute Gasteiger partial charge is 0.484 e. The van der Waals surface area contributed by atoms with E-state index in [9.17, 15) is 4.39 Å². The summed E-state index contributed by atoms with van der Waals surface area (Å²) in [6, 6.07) is 7.90. The molecular weight excluding hydrogens is 264 g/mol. The zero-order valence-electron chi connectivity index (χ0n) is 8.66. The summed E-state index contributed by atoms with van der Waals surface area (Å²) in [5.74, 6) is -0.476. The monoisotopic (exact) mass is 271 g/mol. The Morgan fingerprint density at radius 1 is 1.24 bits per heavy atom. The average molecular weight is 272 g/mol. The third-order valence-electron chi connectivity index (χ3n) is 2.07. The van der Waals surface area contributed by atoms with Crippen LogP contribution in [0.2, 0.25) is 10.0 Å². The molecular formula is C12H8Cl2FNO. The van der Waals surface area contributed by atoms with E-state index in [-0.39, 0.29) is 17.4 Å². The van der Waals surface area contributed by atoms with Crippen molar-refractivity contribution >= 4 is 23.2 Å². The van der Waals surface area contributed by atoms with E-state index in [1.165, 1.54) is 12.1 Å². The predicted molar refractivity (Wildman–Crippen MR) is 65.0 cm³/mol. The van der Waals surface area contributed by atoms with Gasteiger partial charge in [0.1, 0.15) is 6.61 Å². The molecule has 2 rings (SSSR count). The fourth-order valence-electron chi connectivity index (χ4n) is 1.27. The Bertz CT molecular complexity index is 534. The molecule has 1 aromatic carbocycles. The maximum Gasteiger partial charge on any atom is 0.183 e. The predicted octanol–water partition coefficient (Wildman–Crippen LogP) is 4.11. The highest BCUT2D eigenvalue weighted by Gasteiger charge is 2.07. The molecule has 2 aromatic rings. The molecule has 0 saturated heterocycles. The smallest absolute Gasteiger partial charge is 0.183 e. The van der Waals surface area contributed by atoms with Crippen molar-refractivity contribution in [1.82, 2.24) is 4.98 Å². The van der Waals surface area contributed by atoms with Gasteiger partial charge < -0.3 is 4.74 Å². The molecule has 1 heterocycles. The molecule has 0 unspecified atom stereocenters. The number of pyridine rings is 1. The zero-order chi connectivity index (χ0) is 12.3. The van der Waals surface area contributed by atoms with Crippen LogP contribution in [0.1, 0.15) is 5.69 Å². The van der Waals surface area contributed by atoms with Gasteiger partial charge in [0, 0.05) is 11.2 Å². The first-order valence-electron chi connectivity index (χ1n) is 4.84. The number of benzene rings is 1. The van der Waals surface area contributed by atoms with Gasteiger partial charge in [-0.2, -0.15) is 0 Å². The summed E-state index contributed by atoms with van der Waals surface area (Å²) in [5, 5.41) is 0.590. The van der Waals surface area contributed by atoms with E-state index in [1.807, 2.05) is 0 Å². The topological polar surface area (TPSA) is 22.1 Å². The average Bonchev–Trinajstić information content (AvgIpc) is 2.31. The van der Waals surface area contributed by atoms with Gasteiger partial charge in [0.05, 0.1) is 10.7 Å². The summed E-state index contributed by atoms with van der Waals surface area (Å²) >= 11 is 11.4. The van der Waals surface area contributed by atoms with Crippen LogP contribution in [-0.4, -0.2) is 4.98 Å². The summed E-state index contributed by atoms with van der Waals surface area (Å²) in [6.45, 7) is 0.137.